The summed E-state index contributed by atoms with van der Waals surface area (Å²) >= 11 is 1.70. The zero-order valence-corrected chi connectivity index (χ0v) is 17.1. The molecule has 0 radical (unpaired) electrons. The van der Waals surface area contributed by atoms with E-state index in [0.717, 1.165) is 5.56 Å². The fourth-order valence-corrected chi connectivity index (χ4v) is 5.34. The number of carbonyl (C=O) groups excluding carboxylic acids is 1. The molecule has 1 amide bonds. The van der Waals surface area contributed by atoms with Gasteiger partial charge in [-0.05, 0) is 51.3 Å². The molecule has 5 nitrogen and oxygen atoms in total. The number of hydrogen-bond donors (Lipinski definition) is 0. The van der Waals surface area contributed by atoms with Crippen LogP contribution in [-0.4, -0.2) is 67.6 Å². The zero-order valence-electron chi connectivity index (χ0n) is 15.4. The Morgan fingerprint density at radius 1 is 1.32 bits per heavy atom. The van der Waals surface area contributed by atoms with Crippen molar-refractivity contribution >= 4 is 27.5 Å². The smallest absolute Gasteiger partial charge is 0.239 e. The Morgan fingerprint density at radius 3 is 2.44 bits per heavy atom. The predicted octanol–water partition coefficient (Wildman–Crippen LogP) is 2.26. The Labute approximate surface area is 155 Å². The van der Waals surface area contributed by atoms with Gasteiger partial charge in [-0.15, -0.1) is 11.8 Å². The maximum Gasteiger partial charge on any atom is 0.239 e. The third-order valence-electron chi connectivity index (χ3n) is 4.88. The Kier molecular flexibility index (Phi) is 6.93. The molecule has 2 rings (SSSR count). The van der Waals surface area contributed by atoms with Crippen LogP contribution in [0.1, 0.15) is 25.8 Å². The molecule has 0 saturated carbocycles. The van der Waals surface area contributed by atoms with Gasteiger partial charge in [0.05, 0.1) is 17.5 Å². The minimum Gasteiger partial charge on any atom is -0.338 e. The van der Waals surface area contributed by atoms with E-state index in [0.29, 0.717) is 19.5 Å². The quantitative estimate of drug-likeness (QED) is 0.675. The first-order valence-electron chi connectivity index (χ1n) is 8.61. The van der Waals surface area contributed by atoms with Crippen molar-refractivity contribution in [1.82, 2.24) is 9.80 Å². The summed E-state index contributed by atoms with van der Waals surface area (Å²) in [5, 5.41) is 0. The van der Waals surface area contributed by atoms with Crippen molar-refractivity contribution in [3.05, 3.63) is 29.8 Å². The SMILES string of the molecule is CCN(C(=O)[C@H](C)N(C)Cc1ccc(SC)cc1)[C@@H]1CCS(=O)(=O)C1. The number of hydrogen-bond acceptors (Lipinski definition) is 5. The third kappa shape index (κ3) is 5.21. The van der Waals surface area contributed by atoms with E-state index >= 15 is 0 Å². The fraction of sp³-hybridized carbons (Fsp3) is 0.611. The standard InChI is InChI=1S/C18H28N2O3S2/c1-5-20(16-10-11-25(22,23)13-16)18(21)14(2)19(3)12-15-6-8-17(24-4)9-7-15/h6-9,14,16H,5,10-13H2,1-4H3/t14-,16+/m0/s1. The molecule has 2 atom stereocenters. The summed E-state index contributed by atoms with van der Waals surface area (Å²) in [4.78, 5) is 17.9. The molecule has 0 bridgehead atoms. The summed E-state index contributed by atoms with van der Waals surface area (Å²) in [6.07, 6.45) is 2.60. The average Bonchev–Trinajstić information content (AvgIpc) is 2.95. The number of rotatable bonds is 7. The van der Waals surface area contributed by atoms with Gasteiger partial charge in [0.25, 0.3) is 0 Å². The molecule has 25 heavy (non-hydrogen) atoms. The molecule has 1 fully saturated rings. The highest BCUT2D eigenvalue weighted by atomic mass is 32.2. The molecule has 0 spiro atoms. The normalized spacial score (nSPS) is 20.6. The second-order valence-electron chi connectivity index (χ2n) is 6.62. The maximum absolute atomic E-state index is 12.9. The summed E-state index contributed by atoms with van der Waals surface area (Å²) in [6, 6.07) is 7.87. The Hall–Kier alpha value is -1.05. The lowest BCUT2D eigenvalue weighted by molar-refractivity contribution is -0.137. The van der Waals surface area contributed by atoms with Crippen molar-refractivity contribution < 1.29 is 13.2 Å². The van der Waals surface area contributed by atoms with Crippen LogP contribution in [0.3, 0.4) is 0 Å². The van der Waals surface area contributed by atoms with E-state index in [1.54, 1.807) is 16.7 Å². The van der Waals surface area contributed by atoms with E-state index in [1.165, 1.54) is 4.90 Å². The van der Waals surface area contributed by atoms with Crippen LogP contribution in [0, 0.1) is 0 Å². The number of thioether (sulfide) groups is 1. The van der Waals surface area contributed by atoms with Gasteiger partial charge in [-0.3, -0.25) is 9.69 Å². The van der Waals surface area contributed by atoms with Crippen molar-refractivity contribution in [2.24, 2.45) is 0 Å². The van der Waals surface area contributed by atoms with Gasteiger partial charge in [-0.25, -0.2) is 8.42 Å². The van der Waals surface area contributed by atoms with Gasteiger partial charge in [0, 0.05) is 24.0 Å². The fourth-order valence-electron chi connectivity index (χ4n) is 3.20. The van der Waals surface area contributed by atoms with Crippen molar-refractivity contribution in [2.45, 2.75) is 43.8 Å². The van der Waals surface area contributed by atoms with E-state index in [9.17, 15) is 13.2 Å². The maximum atomic E-state index is 12.9. The van der Waals surface area contributed by atoms with Gasteiger partial charge in [-0.1, -0.05) is 12.1 Å². The van der Waals surface area contributed by atoms with Crippen LogP contribution in [-0.2, 0) is 21.2 Å². The van der Waals surface area contributed by atoms with Crippen LogP contribution >= 0.6 is 11.8 Å². The number of likely N-dealkylation sites (N-methyl/N-ethyl adjacent to an activating group) is 2. The average molecular weight is 385 g/mol. The Morgan fingerprint density at radius 2 is 1.96 bits per heavy atom. The van der Waals surface area contributed by atoms with Crippen LogP contribution < -0.4 is 0 Å². The highest BCUT2D eigenvalue weighted by molar-refractivity contribution is 7.98. The molecule has 0 aromatic heterocycles. The first-order valence-corrected chi connectivity index (χ1v) is 11.7. The first-order chi connectivity index (χ1) is 11.8. The number of benzene rings is 1. The number of nitrogens with zero attached hydrogens (tertiary/aromatic N) is 2. The molecule has 0 N–H and O–H groups in total. The third-order valence-corrected chi connectivity index (χ3v) is 7.38. The Bertz CT molecular complexity index is 689. The first kappa shape index (κ1) is 20.3. The lowest BCUT2D eigenvalue weighted by atomic mass is 10.1. The van der Waals surface area contributed by atoms with Gasteiger partial charge >= 0.3 is 0 Å². The molecule has 1 heterocycles. The van der Waals surface area contributed by atoms with Gasteiger partial charge in [0.2, 0.25) is 5.91 Å². The molecule has 140 valence electrons. The molecule has 1 aromatic rings. The Balaban J connectivity index is 2.01. The topological polar surface area (TPSA) is 57.7 Å². The molecule has 1 aliphatic rings. The van der Waals surface area contributed by atoms with E-state index in [-0.39, 0.29) is 29.5 Å². The summed E-state index contributed by atoms with van der Waals surface area (Å²) in [7, 11) is -1.06. The molecule has 0 aliphatic carbocycles. The van der Waals surface area contributed by atoms with Gasteiger partial charge < -0.3 is 4.90 Å². The monoisotopic (exact) mass is 384 g/mol. The number of amides is 1. The van der Waals surface area contributed by atoms with Crippen LogP contribution in [0.15, 0.2) is 29.2 Å². The molecule has 1 aromatic carbocycles. The highest BCUT2D eigenvalue weighted by Gasteiger charge is 2.35. The molecule has 0 unspecified atom stereocenters. The van der Waals surface area contributed by atoms with E-state index in [4.69, 9.17) is 0 Å². The minimum atomic E-state index is -2.99. The lowest BCUT2D eigenvalue weighted by Gasteiger charge is -2.33. The second-order valence-corrected chi connectivity index (χ2v) is 9.73. The van der Waals surface area contributed by atoms with Crippen molar-refractivity contribution in [1.29, 1.82) is 0 Å². The van der Waals surface area contributed by atoms with E-state index < -0.39 is 9.84 Å². The van der Waals surface area contributed by atoms with Gasteiger partial charge in [0.1, 0.15) is 0 Å². The molecular formula is C18H28N2O3S2. The number of carbonyl (C=O) groups is 1. The molecular weight excluding hydrogens is 356 g/mol. The van der Waals surface area contributed by atoms with Crippen LogP contribution in [0.2, 0.25) is 0 Å². The lowest BCUT2D eigenvalue weighted by Crippen LogP contribution is -2.49. The van der Waals surface area contributed by atoms with Crippen molar-refractivity contribution in [3.8, 4) is 0 Å². The summed E-state index contributed by atoms with van der Waals surface area (Å²) in [5.74, 6) is 0.292. The molecule has 7 heteroatoms. The van der Waals surface area contributed by atoms with Crippen molar-refractivity contribution in [3.63, 3.8) is 0 Å². The predicted molar refractivity (Wildman–Crippen MR) is 104 cm³/mol. The van der Waals surface area contributed by atoms with E-state index in [2.05, 4.69) is 24.3 Å². The zero-order chi connectivity index (χ0) is 18.6. The number of sulfone groups is 1. The highest BCUT2D eigenvalue weighted by Crippen LogP contribution is 2.20. The van der Waals surface area contributed by atoms with Crippen molar-refractivity contribution in [2.75, 3.05) is 31.4 Å². The summed E-state index contributed by atoms with van der Waals surface area (Å²) in [6.45, 7) is 5.03. The molecule has 1 aliphatic heterocycles. The molecule has 1 saturated heterocycles. The van der Waals surface area contributed by atoms with Crippen LogP contribution in [0.5, 0.6) is 0 Å². The van der Waals surface area contributed by atoms with Crippen LogP contribution in [0.25, 0.3) is 0 Å². The van der Waals surface area contributed by atoms with E-state index in [1.807, 2.05) is 32.1 Å². The minimum absolute atomic E-state index is 0.00725. The summed E-state index contributed by atoms with van der Waals surface area (Å²) < 4.78 is 23.5. The summed E-state index contributed by atoms with van der Waals surface area (Å²) in [5.41, 5.74) is 1.16. The van der Waals surface area contributed by atoms with Crippen LogP contribution in [0.4, 0.5) is 0 Å². The second kappa shape index (κ2) is 8.56. The van der Waals surface area contributed by atoms with Gasteiger partial charge in [0.15, 0.2) is 9.84 Å². The largest absolute Gasteiger partial charge is 0.338 e. The van der Waals surface area contributed by atoms with Gasteiger partial charge in [-0.2, -0.15) is 0 Å².